The van der Waals surface area contributed by atoms with E-state index in [-0.39, 0.29) is 29.4 Å². The summed E-state index contributed by atoms with van der Waals surface area (Å²) in [6.07, 6.45) is 2.53. The second kappa shape index (κ2) is 6.83. The van der Waals surface area contributed by atoms with Crippen molar-refractivity contribution in [1.29, 1.82) is 0 Å². The molecule has 2 bridgehead atoms. The van der Waals surface area contributed by atoms with E-state index >= 15 is 0 Å². The normalized spacial score (nSPS) is 28.5. The van der Waals surface area contributed by atoms with Gasteiger partial charge in [0.1, 0.15) is 5.75 Å². The topological polar surface area (TPSA) is 63.7 Å². The van der Waals surface area contributed by atoms with Gasteiger partial charge in [0.2, 0.25) is 17.6 Å². The molecule has 1 aliphatic heterocycles. The van der Waals surface area contributed by atoms with Crippen molar-refractivity contribution in [2.75, 3.05) is 4.90 Å². The summed E-state index contributed by atoms with van der Waals surface area (Å²) in [5, 5.41) is 0. The van der Waals surface area contributed by atoms with Gasteiger partial charge >= 0.3 is 0 Å². The number of Topliss-reactive ketones (excluding diaryl/α,β-unsaturated/α-hetero) is 1. The molecular weight excluding hydrogens is 366 g/mol. The number of fused-ring (bicyclic) bond motifs is 5. The number of hydrogen-bond donors (Lipinski definition) is 0. The SMILES string of the molecule is C[C@H](Oc1ccc(N2C(=O)[C@@H]3[C@H]4CC[C@@H](C4)[C@@H]3C2=O)cc1)C(=O)c1ccccc1. The van der Waals surface area contributed by atoms with Crippen LogP contribution in [0.2, 0.25) is 0 Å². The van der Waals surface area contributed by atoms with E-state index in [1.807, 2.05) is 18.2 Å². The second-order valence-electron chi connectivity index (χ2n) is 8.38. The van der Waals surface area contributed by atoms with E-state index in [1.54, 1.807) is 43.3 Å². The molecule has 2 aliphatic carbocycles. The molecule has 0 unspecified atom stereocenters. The molecule has 1 saturated heterocycles. The standard InChI is InChI=1S/C24H23NO4/c1-14(22(26)15-5-3-2-4-6-15)29-19-11-9-18(10-12-19)25-23(27)20-16-7-8-17(13-16)21(20)24(25)28/h2-6,9-12,14,16-17,20-21H,7-8,13H2,1H3/t14-,16-,17-,20-,21+/m0/s1. The van der Waals surface area contributed by atoms with E-state index in [2.05, 4.69) is 0 Å². The maximum atomic E-state index is 12.9. The number of hydrogen-bond acceptors (Lipinski definition) is 4. The van der Waals surface area contributed by atoms with E-state index < -0.39 is 6.10 Å². The van der Waals surface area contributed by atoms with Gasteiger partial charge in [-0.05, 0) is 62.3 Å². The average Bonchev–Trinajstić information content (AvgIpc) is 3.43. The minimum absolute atomic E-state index is 0.0477. The molecule has 2 saturated carbocycles. The van der Waals surface area contributed by atoms with Crippen molar-refractivity contribution in [2.45, 2.75) is 32.3 Å². The molecule has 0 radical (unpaired) electrons. The van der Waals surface area contributed by atoms with Gasteiger partial charge in [0.25, 0.3) is 0 Å². The Morgan fingerprint density at radius 1 is 0.931 bits per heavy atom. The van der Waals surface area contributed by atoms with E-state index in [1.165, 1.54) is 4.90 Å². The molecule has 0 spiro atoms. The fourth-order valence-corrected chi connectivity index (χ4v) is 5.43. The molecule has 2 aromatic rings. The lowest BCUT2D eigenvalue weighted by atomic mass is 9.81. The Labute approximate surface area is 169 Å². The van der Waals surface area contributed by atoms with Crippen LogP contribution in [0.3, 0.4) is 0 Å². The molecule has 2 amide bonds. The van der Waals surface area contributed by atoms with Crippen molar-refractivity contribution in [3.05, 3.63) is 60.2 Å². The van der Waals surface area contributed by atoms with Crippen molar-refractivity contribution in [1.82, 2.24) is 0 Å². The maximum absolute atomic E-state index is 12.9. The number of rotatable bonds is 5. The van der Waals surface area contributed by atoms with Crippen LogP contribution in [-0.4, -0.2) is 23.7 Å². The first-order valence-electron chi connectivity index (χ1n) is 10.3. The Bertz CT molecular complexity index is 940. The lowest BCUT2D eigenvalue weighted by Gasteiger charge is -2.19. The third-order valence-corrected chi connectivity index (χ3v) is 6.76. The molecule has 3 aliphatic rings. The molecule has 5 atom stereocenters. The van der Waals surface area contributed by atoms with E-state index in [9.17, 15) is 14.4 Å². The van der Waals surface area contributed by atoms with Crippen molar-refractivity contribution in [3.63, 3.8) is 0 Å². The first kappa shape index (κ1) is 18.1. The minimum Gasteiger partial charge on any atom is -0.483 e. The molecule has 0 aromatic heterocycles. The van der Waals surface area contributed by atoms with Crippen LogP contribution in [0.25, 0.3) is 0 Å². The fraction of sp³-hybridized carbons (Fsp3) is 0.375. The number of amides is 2. The zero-order valence-electron chi connectivity index (χ0n) is 16.3. The Morgan fingerprint density at radius 3 is 2.10 bits per heavy atom. The molecule has 5 nitrogen and oxygen atoms in total. The summed E-state index contributed by atoms with van der Waals surface area (Å²) in [6.45, 7) is 1.72. The smallest absolute Gasteiger partial charge is 0.237 e. The van der Waals surface area contributed by atoms with Crippen molar-refractivity contribution in [2.24, 2.45) is 23.7 Å². The number of ether oxygens (including phenoxy) is 1. The number of ketones is 1. The molecule has 148 valence electrons. The highest BCUT2D eigenvalue weighted by Gasteiger charge is 2.61. The molecule has 5 heteroatoms. The number of nitrogens with zero attached hydrogens (tertiary/aromatic N) is 1. The van der Waals surface area contributed by atoms with Gasteiger partial charge in [-0.1, -0.05) is 30.3 Å². The molecule has 5 rings (SSSR count). The monoisotopic (exact) mass is 389 g/mol. The summed E-state index contributed by atoms with van der Waals surface area (Å²) in [5.74, 6) is 0.842. The predicted molar refractivity (Wildman–Crippen MR) is 108 cm³/mol. The van der Waals surface area contributed by atoms with E-state index in [0.29, 0.717) is 28.8 Å². The highest BCUT2D eigenvalue weighted by Crippen LogP contribution is 2.56. The van der Waals surface area contributed by atoms with Gasteiger partial charge in [-0.2, -0.15) is 0 Å². The van der Waals surface area contributed by atoms with E-state index in [0.717, 1.165) is 19.3 Å². The Kier molecular flexibility index (Phi) is 4.26. The molecule has 0 N–H and O–H groups in total. The van der Waals surface area contributed by atoms with Crippen molar-refractivity contribution < 1.29 is 19.1 Å². The first-order chi connectivity index (χ1) is 14.0. The van der Waals surface area contributed by atoms with Gasteiger partial charge in [0, 0.05) is 5.56 Å². The van der Waals surface area contributed by atoms with Gasteiger partial charge in [0.15, 0.2) is 6.10 Å². The fourth-order valence-electron chi connectivity index (χ4n) is 5.43. The quantitative estimate of drug-likeness (QED) is 0.575. The van der Waals surface area contributed by atoms with Crippen LogP contribution in [0, 0.1) is 23.7 Å². The van der Waals surface area contributed by atoms with Crippen molar-refractivity contribution in [3.8, 4) is 5.75 Å². The minimum atomic E-state index is -0.631. The summed E-state index contributed by atoms with van der Waals surface area (Å²) in [4.78, 5) is 39.7. The number of anilines is 1. The summed E-state index contributed by atoms with van der Waals surface area (Å²) in [6, 6.07) is 15.9. The summed E-state index contributed by atoms with van der Waals surface area (Å²) in [7, 11) is 0. The maximum Gasteiger partial charge on any atom is 0.237 e. The Balaban J connectivity index is 1.30. The number of carbonyl (C=O) groups excluding carboxylic acids is 3. The van der Waals surface area contributed by atoms with Crippen LogP contribution in [-0.2, 0) is 9.59 Å². The predicted octanol–water partition coefficient (Wildman–Crippen LogP) is 3.87. The van der Waals surface area contributed by atoms with Gasteiger partial charge in [-0.25, -0.2) is 0 Å². The third-order valence-electron chi connectivity index (χ3n) is 6.76. The molecule has 3 fully saturated rings. The second-order valence-corrected chi connectivity index (χ2v) is 8.38. The van der Waals surface area contributed by atoms with Crippen LogP contribution in [0.15, 0.2) is 54.6 Å². The first-order valence-corrected chi connectivity index (χ1v) is 10.3. The summed E-state index contributed by atoms with van der Waals surface area (Å²) >= 11 is 0. The largest absolute Gasteiger partial charge is 0.483 e. The lowest BCUT2D eigenvalue weighted by Crippen LogP contribution is -2.32. The summed E-state index contributed by atoms with van der Waals surface area (Å²) in [5.41, 5.74) is 1.19. The zero-order valence-corrected chi connectivity index (χ0v) is 16.3. The highest BCUT2D eigenvalue weighted by atomic mass is 16.5. The highest BCUT2D eigenvalue weighted by molar-refractivity contribution is 6.22. The average molecular weight is 389 g/mol. The number of imide groups is 1. The zero-order chi connectivity index (χ0) is 20.1. The van der Waals surface area contributed by atoms with Gasteiger partial charge in [-0.15, -0.1) is 0 Å². The number of benzene rings is 2. The van der Waals surface area contributed by atoms with Crippen LogP contribution in [0.1, 0.15) is 36.5 Å². The number of carbonyl (C=O) groups is 3. The summed E-state index contributed by atoms with van der Waals surface area (Å²) < 4.78 is 5.78. The van der Waals surface area contributed by atoms with Crippen molar-refractivity contribution >= 4 is 23.3 Å². The van der Waals surface area contributed by atoms with Crippen LogP contribution in [0.5, 0.6) is 5.75 Å². The van der Waals surface area contributed by atoms with Gasteiger partial charge in [-0.3, -0.25) is 19.3 Å². The molecule has 1 heterocycles. The molecule has 2 aromatic carbocycles. The van der Waals surface area contributed by atoms with Crippen LogP contribution >= 0.6 is 0 Å². The van der Waals surface area contributed by atoms with E-state index in [4.69, 9.17) is 4.74 Å². The molecular formula is C24H23NO4. The lowest BCUT2D eigenvalue weighted by molar-refractivity contribution is -0.123. The third kappa shape index (κ3) is 2.87. The Morgan fingerprint density at radius 2 is 1.52 bits per heavy atom. The van der Waals surface area contributed by atoms with Gasteiger partial charge < -0.3 is 4.74 Å². The van der Waals surface area contributed by atoms with Gasteiger partial charge in [0.05, 0.1) is 17.5 Å². The molecule has 29 heavy (non-hydrogen) atoms. The Hall–Kier alpha value is -2.95. The van der Waals surface area contributed by atoms with Crippen LogP contribution in [0.4, 0.5) is 5.69 Å². The van der Waals surface area contributed by atoms with Crippen LogP contribution < -0.4 is 9.64 Å².